The Morgan fingerprint density at radius 2 is 2.03 bits per heavy atom. The van der Waals surface area contributed by atoms with E-state index in [9.17, 15) is 18.3 Å². The van der Waals surface area contributed by atoms with Gasteiger partial charge in [0, 0.05) is 37.3 Å². The van der Waals surface area contributed by atoms with E-state index in [4.69, 9.17) is 5.84 Å². The van der Waals surface area contributed by atoms with Gasteiger partial charge in [-0.1, -0.05) is 0 Å². The number of nitrogens with zero attached hydrogens (tertiary/aromatic N) is 4. The second-order valence-electron chi connectivity index (χ2n) is 8.20. The molecule has 4 rings (SSSR count). The molecule has 10 heteroatoms. The maximum Gasteiger partial charge on any atom is 0.419 e. The molecule has 0 spiro atoms. The average molecular weight is 410 g/mol. The van der Waals surface area contributed by atoms with Crippen LogP contribution in [0.5, 0.6) is 0 Å². The number of rotatable bonds is 4. The SMILES string of the molecule is C=N/C(=C1/c2cc[nH]c2N=CN1N)[C@H]1CC[C@H](CN2CC(O)(C(F)(F)F)C2)CC1. The van der Waals surface area contributed by atoms with Gasteiger partial charge in [0.05, 0.1) is 11.4 Å². The molecule has 0 radical (unpaired) electrons. The average Bonchev–Trinajstić information content (AvgIpc) is 3.11. The van der Waals surface area contributed by atoms with Crippen LogP contribution in [0.15, 0.2) is 27.9 Å². The molecular formula is C19H25F3N6O. The van der Waals surface area contributed by atoms with Crippen LogP contribution in [0.25, 0.3) is 5.70 Å². The molecule has 0 unspecified atom stereocenters. The highest BCUT2D eigenvalue weighted by Crippen LogP contribution is 2.42. The summed E-state index contributed by atoms with van der Waals surface area (Å²) in [6.45, 7) is 3.65. The highest BCUT2D eigenvalue weighted by Gasteiger charge is 2.60. The predicted octanol–water partition coefficient (Wildman–Crippen LogP) is 2.65. The Bertz CT molecular complexity index is 831. The largest absolute Gasteiger partial charge is 0.419 e. The number of aliphatic imine (C=N–C) groups is 2. The van der Waals surface area contributed by atoms with Gasteiger partial charge in [-0.05, 0) is 44.4 Å². The third kappa shape index (κ3) is 3.60. The van der Waals surface area contributed by atoms with Gasteiger partial charge in [-0.15, -0.1) is 0 Å². The lowest BCUT2D eigenvalue weighted by molar-refractivity contribution is -0.302. The second kappa shape index (κ2) is 7.26. The Balaban J connectivity index is 1.39. The Kier molecular flexibility index (Phi) is 5.04. The molecule has 1 aromatic heterocycles. The van der Waals surface area contributed by atoms with Crippen molar-refractivity contribution in [2.45, 2.75) is 37.5 Å². The normalized spacial score (nSPS) is 28.7. The van der Waals surface area contributed by atoms with Gasteiger partial charge < -0.3 is 10.1 Å². The number of likely N-dealkylation sites (tertiary alicyclic amines) is 1. The first kappa shape index (κ1) is 20.1. The summed E-state index contributed by atoms with van der Waals surface area (Å²) in [7, 11) is 0. The van der Waals surface area contributed by atoms with Crippen LogP contribution in [0.1, 0.15) is 31.2 Å². The molecule has 2 aliphatic heterocycles. The van der Waals surface area contributed by atoms with Crippen molar-refractivity contribution in [1.29, 1.82) is 0 Å². The van der Waals surface area contributed by atoms with Gasteiger partial charge in [-0.2, -0.15) is 13.2 Å². The number of hydrogen-bond acceptors (Lipinski definition) is 6. The number of halogens is 3. The second-order valence-corrected chi connectivity index (χ2v) is 8.20. The molecule has 158 valence electrons. The maximum absolute atomic E-state index is 12.8. The lowest BCUT2D eigenvalue weighted by Crippen LogP contribution is -2.69. The minimum Gasteiger partial charge on any atom is -0.378 e. The molecule has 29 heavy (non-hydrogen) atoms. The molecule has 4 N–H and O–H groups in total. The first-order chi connectivity index (χ1) is 13.7. The van der Waals surface area contributed by atoms with Crippen LogP contribution in [0.4, 0.5) is 19.0 Å². The van der Waals surface area contributed by atoms with Crippen molar-refractivity contribution in [2.75, 3.05) is 19.6 Å². The lowest BCUT2D eigenvalue weighted by atomic mass is 9.78. The van der Waals surface area contributed by atoms with Crippen LogP contribution >= 0.6 is 0 Å². The van der Waals surface area contributed by atoms with Crippen LogP contribution in [-0.2, 0) is 0 Å². The van der Waals surface area contributed by atoms with Gasteiger partial charge >= 0.3 is 6.18 Å². The fourth-order valence-corrected chi connectivity index (χ4v) is 4.63. The first-order valence-corrected chi connectivity index (χ1v) is 9.70. The molecular weight excluding hydrogens is 385 g/mol. The molecule has 0 atom stereocenters. The molecule has 1 aliphatic carbocycles. The van der Waals surface area contributed by atoms with Crippen LogP contribution in [-0.4, -0.2) is 64.5 Å². The first-order valence-electron chi connectivity index (χ1n) is 9.70. The van der Waals surface area contributed by atoms with Crippen LogP contribution in [0, 0.1) is 11.8 Å². The van der Waals surface area contributed by atoms with E-state index in [1.165, 1.54) is 11.3 Å². The van der Waals surface area contributed by atoms with E-state index in [2.05, 4.69) is 21.7 Å². The summed E-state index contributed by atoms with van der Waals surface area (Å²) < 4.78 is 38.3. The Hall–Kier alpha value is -2.17. The van der Waals surface area contributed by atoms with E-state index in [1.54, 1.807) is 11.1 Å². The standard InChI is InChI=1S/C19H25F3N6O/c1-24-15(16-14-6-7-25-17(14)26-11-28(16)23)13-4-2-12(3-5-13)8-27-9-18(29,10-27)19(20,21)22/h6-7,11-13,25,29H,1-5,8-10,23H2/b16-15-/t12-,13-. The minimum atomic E-state index is -4.56. The van der Waals surface area contributed by atoms with Crippen molar-refractivity contribution in [3.8, 4) is 0 Å². The third-order valence-corrected chi connectivity index (χ3v) is 6.21. The van der Waals surface area contributed by atoms with Crippen molar-refractivity contribution < 1.29 is 18.3 Å². The number of hydrogen-bond donors (Lipinski definition) is 3. The highest BCUT2D eigenvalue weighted by atomic mass is 19.4. The van der Waals surface area contributed by atoms with Crippen molar-refractivity contribution >= 4 is 24.6 Å². The number of nitrogens with two attached hydrogens (primary N) is 1. The van der Waals surface area contributed by atoms with Crippen LogP contribution < -0.4 is 5.84 Å². The zero-order valence-corrected chi connectivity index (χ0v) is 16.0. The van der Waals surface area contributed by atoms with Crippen LogP contribution in [0.2, 0.25) is 0 Å². The van der Waals surface area contributed by atoms with Gasteiger partial charge in [0.15, 0.2) is 5.60 Å². The van der Waals surface area contributed by atoms with Gasteiger partial charge in [0.2, 0.25) is 0 Å². The van der Waals surface area contributed by atoms with Crippen molar-refractivity contribution in [3.63, 3.8) is 0 Å². The summed E-state index contributed by atoms with van der Waals surface area (Å²) in [6, 6.07) is 1.91. The van der Waals surface area contributed by atoms with Gasteiger partial charge in [0.1, 0.15) is 12.2 Å². The number of nitrogens with one attached hydrogen (secondary N) is 1. The van der Waals surface area contributed by atoms with Crippen molar-refractivity contribution in [1.82, 2.24) is 14.9 Å². The summed E-state index contributed by atoms with van der Waals surface area (Å²) >= 11 is 0. The number of allylic oxidation sites excluding steroid dienone is 1. The number of alkyl halides is 3. The maximum atomic E-state index is 12.8. The number of aromatic nitrogens is 1. The van der Waals surface area contributed by atoms with E-state index in [0.717, 1.165) is 48.5 Å². The monoisotopic (exact) mass is 410 g/mol. The minimum absolute atomic E-state index is 0.183. The van der Waals surface area contributed by atoms with E-state index < -0.39 is 11.8 Å². The van der Waals surface area contributed by atoms with E-state index in [1.807, 2.05) is 6.07 Å². The molecule has 7 nitrogen and oxygen atoms in total. The fourth-order valence-electron chi connectivity index (χ4n) is 4.63. The zero-order chi connectivity index (χ0) is 20.8. The van der Waals surface area contributed by atoms with E-state index in [-0.39, 0.29) is 19.0 Å². The van der Waals surface area contributed by atoms with E-state index in [0.29, 0.717) is 12.5 Å². The molecule has 2 fully saturated rings. The molecule has 0 amide bonds. The number of fused-ring (bicyclic) bond motifs is 1. The number of H-pyrrole nitrogens is 1. The molecule has 1 saturated carbocycles. The summed E-state index contributed by atoms with van der Waals surface area (Å²) in [5.41, 5.74) is -0.0526. The summed E-state index contributed by atoms with van der Waals surface area (Å²) in [4.78, 5) is 13.3. The van der Waals surface area contributed by atoms with E-state index >= 15 is 0 Å². The van der Waals surface area contributed by atoms with Crippen molar-refractivity contribution in [3.05, 3.63) is 23.5 Å². The zero-order valence-electron chi connectivity index (χ0n) is 16.0. The number of hydrazine groups is 1. The summed E-state index contributed by atoms with van der Waals surface area (Å²) in [5.74, 6) is 7.34. The van der Waals surface area contributed by atoms with Gasteiger partial charge in [-0.25, -0.2) is 10.8 Å². The predicted molar refractivity (Wildman–Crippen MR) is 104 cm³/mol. The summed E-state index contributed by atoms with van der Waals surface area (Å²) in [5, 5.41) is 11.1. The molecule has 3 heterocycles. The molecule has 1 saturated heterocycles. The molecule has 0 bridgehead atoms. The number of β-amino-alcohol motifs (C(OH)–C–C–N with tert-alkyl or cyclic N) is 1. The molecule has 1 aromatic rings. The molecule has 3 aliphatic rings. The number of aliphatic hydroxyl groups is 1. The Morgan fingerprint density at radius 3 is 2.66 bits per heavy atom. The topological polar surface area (TPSA) is 93.2 Å². The quantitative estimate of drug-likeness (QED) is 0.526. The summed E-state index contributed by atoms with van der Waals surface area (Å²) in [6.07, 6.45) is 2.28. The Morgan fingerprint density at radius 1 is 1.34 bits per heavy atom. The van der Waals surface area contributed by atoms with Gasteiger partial charge in [0.25, 0.3) is 0 Å². The molecule has 0 aromatic carbocycles. The third-order valence-electron chi connectivity index (χ3n) is 6.21. The van der Waals surface area contributed by atoms with Crippen LogP contribution in [0.3, 0.4) is 0 Å². The Labute approximate surface area is 166 Å². The lowest BCUT2D eigenvalue weighted by Gasteiger charge is -2.48. The van der Waals surface area contributed by atoms with Gasteiger partial charge in [-0.3, -0.25) is 14.9 Å². The fraction of sp³-hybridized carbons (Fsp3) is 0.579. The highest BCUT2D eigenvalue weighted by molar-refractivity contribution is 5.87. The van der Waals surface area contributed by atoms with Crippen molar-refractivity contribution in [2.24, 2.45) is 27.7 Å². The smallest absolute Gasteiger partial charge is 0.378 e. The number of aromatic amines is 1.